The minimum Gasteiger partial charge on any atom is -0.383 e. The number of nitrogens with one attached hydrogen (secondary N) is 2. The molecule has 4 nitrogen and oxygen atoms in total. The van der Waals surface area contributed by atoms with Crippen molar-refractivity contribution < 1.29 is 9.53 Å². The van der Waals surface area contributed by atoms with Crippen molar-refractivity contribution in [1.29, 1.82) is 0 Å². The van der Waals surface area contributed by atoms with Crippen molar-refractivity contribution in [3.63, 3.8) is 0 Å². The van der Waals surface area contributed by atoms with E-state index in [1.165, 1.54) is 0 Å². The molecule has 0 aliphatic rings. The summed E-state index contributed by atoms with van der Waals surface area (Å²) in [5, 5.41) is 6.97. The van der Waals surface area contributed by atoms with E-state index in [2.05, 4.69) is 10.6 Å². The zero-order chi connectivity index (χ0) is 14.3. The lowest BCUT2D eigenvalue weighted by molar-refractivity contribution is -0.120. The fraction of sp³-hybridized carbons (Fsp3) is 0.462. The second-order valence-electron chi connectivity index (χ2n) is 4.12. The zero-order valence-corrected chi connectivity index (χ0v) is 12.5. The molecule has 6 heteroatoms. The van der Waals surface area contributed by atoms with Crippen molar-refractivity contribution in [2.75, 3.05) is 26.8 Å². The summed E-state index contributed by atoms with van der Waals surface area (Å²) in [5.74, 6) is -0.0883. The number of halogens is 2. The van der Waals surface area contributed by atoms with Crippen LogP contribution >= 0.6 is 23.2 Å². The first-order chi connectivity index (χ1) is 9.04. The van der Waals surface area contributed by atoms with E-state index in [4.69, 9.17) is 27.9 Å². The highest BCUT2D eigenvalue weighted by atomic mass is 35.5. The normalized spacial score (nSPS) is 12.2. The summed E-state index contributed by atoms with van der Waals surface area (Å²) < 4.78 is 4.88. The third-order valence-electron chi connectivity index (χ3n) is 2.58. The van der Waals surface area contributed by atoms with Crippen LogP contribution in [0, 0.1) is 0 Å². The second kappa shape index (κ2) is 8.38. The van der Waals surface area contributed by atoms with E-state index in [1.807, 2.05) is 13.0 Å². The average Bonchev–Trinajstić information content (AvgIpc) is 2.34. The van der Waals surface area contributed by atoms with Crippen LogP contribution in [0.25, 0.3) is 0 Å². The Morgan fingerprint density at radius 3 is 2.79 bits per heavy atom. The van der Waals surface area contributed by atoms with Gasteiger partial charge in [0.1, 0.15) is 0 Å². The summed E-state index contributed by atoms with van der Waals surface area (Å²) in [6, 6.07) is 5.07. The Balaban J connectivity index is 2.45. The van der Waals surface area contributed by atoms with Crippen molar-refractivity contribution in [1.82, 2.24) is 10.6 Å². The van der Waals surface area contributed by atoms with Crippen LogP contribution in [-0.2, 0) is 9.53 Å². The highest BCUT2D eigenvalue weighted by molar-refractivity contribution is 6.35. The molecule has 0 bridgehead atoms. The molecule has 0 aromatic heterocycles. The number of hydrogen-bond donors (Lipinski definition) is 2. The standard InChI is InChI=1S/C13H18Cl2N2O2/c1-9(11-4-3-10(14)7-12(11)15)17-13(18)8-16-5-6-19-2/h3-4,7,9,16H,5-6,8H2,1-2H3,(H,17,18). The van der Waals surface area contributed by atoms with Crippen LogP contribution in [-0.4, -0.2) is 32.7 Å². The van der Waals surface area contributed by atoms with Gasteiger partial charge < -0.3 is 15.4 Å². The number of rotatable bonds is 7. The minimum atomic E-state index is -0.165. The van der Waals surface area contributed by atoms with Gasteiger partial charge in [-0.2, -0.15) is 0 Å². The van der Waals surface area contributed by atoms with E-state index in [0.29, 0.717) is 23.2 Å². The number of hydrogen-bond acceptors (Lipinski definition) is 3. The van der Waals surface area contributed by atoms with Gasteiger partial charge in [0, 0.05) is 23.7 Å². The number of carbonyl (C=O) groups excluding carboxylic acids is 1. The van der Waals surface area contributed by atoms with Crippen LogP contribution in [0.5, 0.6) is 0 Å². The summed E-state index contributed by atoms with van der Waals surface area (Å²) in [7, 11) is 1.62. The minimum absolute atomic E-state index is 0.0883. The second-order valence-corrected chi connectivity index (χ2v) is 4.97. The molecule has 1 atom stereocenters. The Labute approximate surface area is 123 Å². The van der Waals surface area contributed by atoms with E-state index in [-0.39, 0.29) is 18.5 Å². The van der Waals surface area contributed by atoms with E-state index < -0.39 is 0 Å². The lowest BCUT2D eigenvalue weighted by atomic mass is 10.1. The van der Waals surface area contributed by atoms with Gasteiger partial charge in [0.25, 0.3) is 0 Å². The fourth-order valence-electron chi connectivity index (χ4n) is 1.60. The number of methoxy groups -OCH3 is 1. The van der Waals surface area contributed by atoms with Crippen molar-refractivity contribution in [2.45, 2.75) is 13.0 Å². The first-order valence-corrected chi connectivity index (χ1v) is 6.74. The van der Waals surface area contributed by atoms with Crippen LogP contribution in [0.15, 0.2) is 18.2 Å². The summed E-state index contributed by atoms with van der Waals surface area (Å²) in [4.78, 5) is 11.7. The molecule has 0 fully saturated rings. The molecule has 0 spiro atoms. The predicted octanol–water partition coefficient (Wildman–Crippen LogP) is 2.41. The molecule has 0 saturated carbocycles. The van der Waals surface area contributed by atoms with Crippen molar-refractivity contribution in [2.24, 2.45) is 0 Å². The Hall–Kier alpha value is -0.810. The SMILES string of the molecule is COCCNCC(=O)NC(C)c1ccc(Cl)cc1Cl. The average molecular weight is 305 g/mol. The molecule has 1 aromatic rings. The van der Waals surface area contributed by atoms with Gasteiger partial charge >= 0.3 is 0 Å². The maximum absolute atomic E-state index is 11.7. The van der Waals surface area contributed by atoms with Crippen molar-refractivity contribution in [3.8, 4) is 0 Å². The smallest absolute Gasteiger partial charge is 0.234 e. The molecule has 1 rings (SSSR count). The Bertz CT molecular complexity index is 427. The number of benzene rings is 1. The zero-order valence-electron chi connectivity index (χ0n) is 11.0. The van der Waals surface area contributed by atoms with Crippen LogP contribution in [0.3, 0.4) is 0 Å². The summed E-state index contributed by atoms with van der Waals surface area (Å²) in [6.07, 6.45) is 0. The number of ether oxygens (including phenoxy) is 1. The number of carbonyl (C=O) groups is 1. The topological polar surface area (TPSA) is 50.4 Å². The highest BCUT2D eigenvalue weighted by Gasteiger charge is 2.12. The highest BCUT2D eigenvalue weighted by Crippen LogP contribution is 2.25. The van der Waals surface area contributed by atoms with Gasteiger partial charge in [-0.3, -0.25) is 4.79 Å². The Morgan fingerprint density at radius 2 is 2.16 bits per heavy atom. The van der Waals surface area contributed by atoms with Gasteiger partial charge in [0.15, 0.2) is 0 Å². The molecular formula is C13H18Cl2N2O2. The van der Waals surface area contributed by atoms with Crippen molar-refractivity contribution >= 4 is 29.1 Å². The van der Waals surface area contributed by atoms with Gasteiger partial charge in [0.2, 0.25) is 5.91 Å². The third kappa shape index (κ3) is 5.78. The molecule has 106 valence electrons. The molecule has 2 N–H and O–H groups in total. The summed E-state index contributed by atoms with van der Waals surface area (Å²) in [5.41, 5.74) is 0.844. The quantitative estimate of drug-likeness (QED) is 0.761. The van der Waals surface area contributed by atoms with Gasteiger partial charge in [-0.05, 0) is 24.6 Å². The lowest BCUT2D eigenvalue weighted by Gasteiger charge is -2.16. The van der Waals surface area contributed by atoms with E-state index >= 15 is 0 Å². The van der Waals surface area contributed by atoms with Gasteiger partial charge in [0.05, 0.1) is 19.2 Å². The molecule has 0 aliphatic carbocycles. The molecule has 19 heavy (non-hydrogen) atoms. The van der Waals surface area contributed by atoms with Crippen LogP contribution in [0.4, 0.5) is 0 Å². The molecule has 0 radical (unpaired) electrons. The maximum Gasteiger partial charge on any atom is 0.234 e. The van der Waals surface area contributed by atoms with E-state index in [1.54, 1.807) is 19.2 Å². The fourth-order valence-corrected chi connectivity index (χ4v) is 2.17. The maximum atomic E-state index is 11.7. The molecule has 0 aliphatic heterocycles. The summed E-state index contributed by atoms with van der Waals surface area (Å²) >= 11 is 11.9. The monoisotopic (exact) mass is 304 g/mol. The predicted molar refractivity (Wildman–Crippen MR) is 77.8 cm³/mol. The van der Waals surface area contributed by atoms with Crippen LogP contribution in [0.1, 0.15) is 18.5 Å². The van der Waals surface area contributed by atoms with Crippen LogP contribution in [0.2, 0.25) is 10.0 Å². The molecule has 1 aromatic carbocycles. The number of amides is 1. The van der Waals surface area contributed by atoms with E-state index in [9.17, 15) is 4.79 Å². The Kier molecular flexibility index (Phi) is 7.16. The van der Waals surface area contributed by atoms with Crippen molar-refractivity contribution in [3.05, 3.63) is 33.8 Å². The molecule has 1 unspecified atom stereocenters. The summed E-state index contributed by atoms with van der Waals surface area (Å²) in [6.45, 7) is 3.34. The van der Waals surface area contributed by atoms with Crippen LogP contribution < -0.4 is 10.6 Å². The van der Waals surface area contributed by atoms with Gasteiger partial charge in [-0.25, -0.2) is 0 Å². The van der Waals surface area contributed by atoms with Gasteiger partial charge in [-0.1, -0.05) is 29.3 Å². The largest absolute Gasteiger partial charge is 0.383 e. The molecular weight excluding hydrogens is 287 g/mol. The first-order valence-electron chi connectivity index (χ1n) is 5.98. The van der Waals surface area contributed by atoms with Gasteiger partial charge in [-0.15, -0.1) is 0 Å². The molecule has 0 saturated heterocycles. The molecule has 1 amide bonds. The van der Waals surface area contributed by atoms with E-state index in [0.717, 1.165) is 5.56 Å². The molecule has 0 heterocycles. The Morgan fingerprint density at radius 1 is 1.42 bits per heavy atom. The third-order valence-corrected chi connectivity index (χ3v) is 3.14. The lowest BCUT2D eigenvalue weighted by Crippen LogP contribution is -2.36. The first kappa shape index (κ1) is 16.2.